The first-order chi connectivity index (χ1) is 14.3. The second-order valence-corrected chi connectivity index (χ2v) is 9.71. The Hall–Kier alpha value is -3.32. The Bertz CT molecular complexity index is 1390. The molecule has 30 heavy (non-hydrogen) atoms. The van der Waals surface area contributed by atoms with Gasteiger partial charge in [0.05, 0.1) is 9.73 Å². The van der Waals surface area contributed by atoms with Gasteiger partial charge in [-0.2, -0.15) is 0 Å². The fourth-order valence-electron chi connectivity index (χ4n) is 3.66. The molecule has 2 atom stereocenters. The Balaban J connectivity index is 1.92. The van der Waals surface area contributed by atoms with E-state index in [1.807, 2.05) is 30.3 Å². The quantitative estimate of drug-likeness (QED) is 0.435. The van der Waals surface area contributed by atoms with Crippen LogP contribution in [0.2, 0.25) is 0 Å². The first-order valence-corrected chi connectivity index (χ1v) is 11.6. The number of rotatable bonds is 5. The Morgan fingerprint density at radius 3 is 2.53 bits per heavy atom. The Morgan fingerprint density at radius 1 is 1.10 bits per heavy atom. The van der Waals surface area contributed by atoms with Crippen molar-refractivity contribution in [1.82, 2.24) is 9.55 Å². The number of nitrogens with one attached hydrogen (secondary N) is 3. The fraction of sp³-hybridized carbons (Fsp3) is 0.174. The van der Waals surface area contributed by atoms with Crippen LogP contribution in [-0.2, 0) is 16.8 Å². The zero-order valence-electron chi connectivity index (χ0n) is 17.1. The van der Waals surface area contributed by atoms with E-state index in [-0.39, 0.29) is 11.6 Å². The van der Waals surface area contributed by atoms with Crippen molar-refractivity contribution in [3.05, 3.63) is 82.9 Å². The van der Waals surface area contributed by atoms with Crippen molar-refractivity contribution >= 4 is 26.3 Å². The van der Waals surface area contributed by atoms with Crippen LogP contribution in [0.25, 0.3) is 22.0 Å². The monoisotopic (exact) mass is 420 g/mol. The van der Waals surface area contributed by atoms with Crippen LogP contribution in [-0.4, -0.2) is 20.0 Å². The first kappa shape index (κ1) is 20.0. The summed E-state index contributed by atoms with van der Waals surface area (Å²) in [5.74, 6) is 0. The van der Waals surface area contributed by atoms with Gasteiger partial charge in [0.2, 0.25) is 0 Å². The molecule has 2 heterocycles. The molecule has 0 saturated carbocycles. The predicted molar refractivity (Wildman–Crippen MR) is 123 cm³/mol. The average molecular weight is 421 g/mol. The molecule has 2 aromatic carbocycles. The van der Waals surface area contributed by atoms with Crippen LogP contribution in [0, 0.1) is 4.78 Å². The molecule has 0 bridgehead atoms. The number of aromatic amines is 1. The van der Waals surface area contributed by atoms with Crippen molar-refractivity contribution in [2.45, 2.75) is 17.9 Å². The predicted octanol–water partition coefficient (Wildman–Crippen LogP) is 4.74. The number of pyridine rings is 1. The average Bonchev–Trinajstić information content (AvgIpc) is 3.21. The third-order valence-corrected chi connectivity index (χ3v) is 6.45. The molecule has 0 saturated heterocycles. The van der Waals surface area contributed by atoms with E-state index in [1.54, 1.807) is 31.6 Å². The SMILES string of the molecule is C[C@@H](Nc1ccc(S(C)(=N)=O)cc1-c1cn(C)c(=O)c2[nH]ccc12)c1ccccc1. The van der Waals surface area contributed by atoms with Gasteiger partial charge in [0.25, 0.3) is 5.56 Å². The lowest BCUT2D eigenvalue weighted by Gasteiger charge is -2.20. The van der Waals surface area contributed by atoms with Crippen LogP contribution < -0.4 is 10.9 Å². The van der Waals surface area contributed by atoms with Crippen LogP contribution in [0.15, 0.2) is 76.7 Å². The number of H-pyrrole nitrogens is 1. The van der Waals surface area contributed by atoms with Crippen LogP contribution in [0.5, 0.6) is 0 Å². The lowest BCUT2D eigenvalue weighted by Crippen LogP contribution is -2.17. The molecule has 0 spiro atoms. The van der Waals surface area contributed by atoms with Gasteiger partial charge < -0.3 is 14.9 Å². The molecular formula is C23H24N4O2S. The summed E-state index contributed by atoms with van der Waals surface area (Å²) in [6, 6.07) is 17.4. The summed E-state index contributed by atoms with van der Waals surface area (Å²) >= 11 is 0. The fourth-order valence-corrected chi connectivity index (χ4v) is 4.33. The van der Waals surface area contributed by atoms with E-state index < -0.39 is 9.73 Å². The van der Waals surface area contributed by atoms with E-state index in [9.17, 15) is 9.00 Å². The molecule has 4 rings (SSSR count). The van der Waals surface area contributed by atoms with Gasteiger partial charge in [-0.15, -0.1) is 0 Å². The number of hydrogen-bond acceptors (Lipinski definition) is 4. The molecule has 2 aromatic heterocycles. The molecule has 3 N–H and O–H groups in total. The molecule has 0 fully saturated rings. The molecule has 0 aliphatic heterocycles. The Kier molecular flexibility index (Phi) is 4.99. The lowest BCUT2D eigenvalue weighted by atomic mass is 10.0. The minimum atomic E-state index is -2.89. The summed E-state index contributed by atoms with van der Waals surface area (Å²) in [7, 11) is -1.18. The number of benzene rings is 2. The van der Waals surface area contributed by atoms with E-state index in [4.69, 9.17) is 4.78 Å². The second kappa shape index (κ2) is 7.50. The maximum absolute atomic E-state index is 12.5. The molecule has 0 aliphatic carbocycles. The summed E-state index contributed by atoms with van der Waals surface area (Å²) in [6.07, 6.45) is 4.95. The van der Waals surface area contributed by atoms with Gasteiger partial charge in [-0.3, -0.25) is 4.79 Å². The van der Waals surface area contributed by atoms with Crippen molar-refractivity contribution in [3.8, 4) is 11.1 Å². The molecule has 0 amide bonds. The summed E-state index contributed by atoms with van der Waals surface area (Å²) in [5.41, 5.74) is 4.03. The molecule has 0 radical (unpaired) electrons. The standard InChI is InChI=1S/C23H24N4O2S/c1-15(16-7-5-4-6-8-16)26-21-10-9-17(30(3,24)29)13-19(21)20-14-27(2)23(28)22-18(20)11-12-25-22/h4-15,24-26H,1-3H3/t15-,30?/m1/s1. The van der Waals surface area contributed by atoms with E-state index >= 15 is 0 Å². The van der Waals surface area contributed by atoms with Crippen LogP contribution in [0.4, 0.5) is 5.69 Å². The number of nitrogens with zero attached hydrogens (tertiary/aromatic N) is 1. The number of fused-ring (bicyclic) bond motifs is 1. The second-order valence-electron chi connectivity index (χ2n) is 7.55. The Labute approximate surface area is 175 Å². The van der Waals surface area contributed by atoms with Crippen LogP contribution in [0.1, 0.15) is 18.5 Å². The number of aryl methyl sites for hydroxylation is 1. The zero-order valence-corrected chi connectivity index (χ0v) is 17.9. The first-order valence-electron chi connectivity index (χ1n) is 9.62. The van der Waals surface area contributed by atoms with E-state index in [2.05, 4.69) is 29.4 Å². The van der Waals surface area contributed by atoms with Crippen molar-refractivity contribution < 1.29 is 4.21 Å². The van der Waals surface area contributed by atoms with Crippen LogP contribution >= 0.6 is 0 Å². The summed E-state index contributed by atoms with van der Waals surface area (Å²) in [5, 5.41) is 4.33. The molecule has 7 heteroatoms. The van der Waals surface area contributed by atoms with E-state index in [0.717, 1.165) is 27.8 Å². The van der Waals surface area contributed by atoms with Crippen molar-refractivity contribution in [3.63, 3.8) is 0 Å². The Morgan fingerprint density at radius 2 is 1.83 bits per heavy atom. The molecule has 0 aliphatic rings. The number of anilines is 1. The highest BCUT2D eigenvalue weighted by atomic mass is 32.2. The normalized spacial score (nSPS) is 14.4. The molecule has 154 valence electrons. The molecule has 1 unspecified atom stereocenters. The van der Waals surface area contributed by atoms with E-state index in [0.29, 0.717) is 10.4 Å². The van der Waals surface area contributed by atoms with Gasteiger partial charge in [0.15, 0.2) is 0 Å². The van der Waals surface area contributed by atoms with Gasteiger partial charge in [-0.1, -0.05) is 30.3 Å². The highest BCUT2D eigenvalue weighted by molar-refractivity contribution is 7.91. The number of hydrogen-bond donors (Lipinski definition) is 3. The highest BCUT2D eigenvalue weighted by Gasteiger charge is 2.17. The lowest BCUT2D eigenvalue weighted by molar-refractivity contribution is 0.679. The van der Waals surface area contributed by atoms with E-state index in [1.165, 1.54) is 10.8 Å². The summed E-state index contributed by atoms with van der Waals surface area (Å²) in [6.45, 7) is 2.08. The maximum atomic E-state index is 12.5. The third-order valence-electron chi connectivity index (χ3n) is 5.30. The summed E-state index contributed by atoms with van der Waals surface area (Å²) < 4.78 is 22.0. The smallest absolute Gasteiger partial charge is 0.274 e. The molecular weight excluding hydrogens is 396 g/mol. The van der Waals surface area contributed by atoms with Gasteiger partial charge in [-0.25, -0.2) is 8.99 Å². The largest absolute Gasteiger partial charge is 0.378 e. The van der Waals surface area contributed by atoms with Gasteiger partial charge in [0, 0.05) is 58.8 Å². The van der Waals surface area contributed by atoms with Crippen molar-refractivity contribution in [2.24, 2.45) is 7.05 Å². The maximum Gasteiger partial charge on any atom is 0.274 e. The van der Waals surface area contributed by atoms with Crippen LogP contribution in [0.3, 0.4) is 0 Å². The van der Waals surface area contributed by atoms with Gasteiger partial charge >= 0.3 is 0 Å². The molecule has 6 nitrogen and oxygen atoms in total. The van der Waals surface area contributed by atoms with Gasteiger partial charge in [0.1, 0.15) is 5.52 Å². The number of aromatic nitrogens is 2. The molecule has 4 aromatic rings. The zero-order chi connectivity index (χ0) is 21.5. The van der Waals surface area contributed by atoms with Crippen molar-refractivity contribution in [1.29, 1.82) is 4.78 Å². The topological polar surface area (TPSA) is 90.7 Å². The minimum Gasteiger partial charge on any atom is -0.378 e. The minimum absolute atomic E-state index is 0.0343. The third kappa shape index (κ3) is 3.64. The highest BCUT2D eigenvalue weighted by Crippen LogP contribution is 2.36. The summed E-state index contributed by atoms with van der Waals surface area (Å²) in [4.78, 5) is 16.0. The van der Waals surface area contributed by atoms with Crippen molar-refractivity contribution in [2.75, 3.05) is 11.6 Å². The van der Waals surface area contributed by atoms with Gasteiger partial charge in [-0.05, 0) is 36.8 Å².